The molecule has 5 aromatic rings. The highest BCUT2D eigenvalue weighted by Crippen LogP contribution is 2.44. The maximum atomic E-state index is 14.7. The SMILES string of the molecule is O=C(NCc1ccccc1Sc1ccccc1)[C@]1(Cc2ccccc2)N=C(c2ccc(OCCCO)cc2)O[C@@H]1c1ccccc1Br. The molecule has 5 aromatic carbocycles. The van der Waals surface area contributed by atoms with Crippen molar-refractivity contribution in [3.05, 3.63) is 160 Å². The van der Waals surface area contributed by atoms with Gasteiger partial charge in [-0.1, -0.05) is 113 Å². The summed E-state index contributed by atoms with van der Waals surface area (Å²) < 4.78 is 13.3. The minimum absolute atomic E-state index is 0.0716. The molecule has 0 saturated carbocycles. The normalized spacial score (nSPS) is 17.1. The third-order valence-corrected chi connectivity index (χ3v) is 9.77. The van der Waals surface area contributed by atoms with Gasteiger partial charge in [0.2, 0.25) is 5.90 Å². The average Bonchev–Trinajstić information content (AvgIpc) is 3.49. The van der Waals surface area contributed by atoms with E-state index >= 15 is 0 Å². The first-order chi connectivity index (χ1) is 23.1. The van der Waals surface area contributed by atoms with Gasteiger partial charge >= 0.3 is 0 Å². The van der Waals surface area contributed by atoms with Gasteiger partial charge < -0.3 is 19.9 Å². The Bertz CT molecular complexity index is 1820. The van der Waals surface area contributed by atoms with Crippen LogP contribution in [0.5, 0.6) is 5.75 Å². The number of ether oxygens (including phenoxy) is 2. The average molecular weight is 708 g/mol. The van der Waals surface area contributed by atoms with Crippen LogP contribution in [0.25, 0.3) is 0 Å². The van der Waals surface area contributed by atoms with Crippen molar-refractivity contribution in [3.63, 3.8) is 0 Å². The molecule has 6 rings (SSSR count). The highest BCUT2D eigenvalue weighted by Gasteiger charge is 2.53. The molecule has 6 nitrogen and oxygen atoms in total. The Balaban J connectivity index is 1.36. The zero-order valence-corrected chi connectivity index (χ0v) is 28.1. The number of rotatable bonds is 13. The molecule has 0 aromatic heterocycles. The zero-order valence-electron chi connectivity index (χ0n) is 25.7. The molecule has 47 heavy (non-hydrogen) atoms. The number of carbonyl (C=O) groups is 1. The van der Waals surface area contributed by atoms with Gasteiger partial charge in [-0.2, -0.15) is 0 Å². The Hall–Kier alpha value is -4.37. The lowest BCUT2D eigenvalue weighted by atomic mass is 9.82. The van der Waals surface area contributed by atoms with Gasteiger partial charge in [0.15, 0.2) is 11.6 Å². The van der Waals surface area contributed by atoms with Crippen LogP contribution in [0, 0.1) is 0 Å². The largest absolute Gasteiger partial charge is 0.494 e. The van der Waals surface area contributed by atoms with Crippen LogP contribution in [0.15, 0.2) is 153 Å². The predicted molar refractivity (Wildman–Crippen MR) is 190 cm³/mol. The Morgan fingerprint density at radius 2 is 1.55 bits per heavy atom. The maximum absolute atomic E-state index is 14.7. The fourth-order valence-corrected chi connectivity index (χ4v) is 7.01. The molecule has 0 radical (unpaired) electrons. The van der Waals surface area contributed by atoms with Crippen LogP contribution in [0.1, 0.15) is 34.8 Å². The lowest BCUT2D eigenvalue weighted by molar-refractivity contribution is -0.129. The van der Waals surface area contributed by atoms with Crippen LogP contribution in [0.4, 0.5) is 0 Å². The van der Waals surface area contributed by atoms with Crippen LogP contribution in [0.2, 0.25) is 0 Å². The standard InChI is InChI=1S/C39H35BrN2O4S/c40-34-18-9-8-17-33(34)36-39(26-28-12-3-1-4-13-28,42-37(46-36)29-20-22-31(23-21-29)45-25-11-24-43)38(44)41-27-30-14-7-10-19-35(30)47-32-15-5-2-6-16-32/h1-10,12-23,36,43H,11,24-27H2,(H,41,44)/t36-,39-/m1/s1. The lowest BCUT2D eigenvalue weighted by Gasteiger charge is -2.31. The Kier molecular flexibility index (Phi) is 10.7. The first-order valence-corrected chi connectivity index (χ1v) is 17.1. The lowest BCUT2D eigenvalue weighted by Crippen LogP contribution is -2.49. The van der Waals surface area contributed by atoms with Crippen LogP contribution >= 0.6 is 27.7 Å². The number of amides is 1. The summed E-state index contributed by atoms with van der Waals surface area (Å²) in [5.41, 5.74) is 2.26. The van der Waals surface area contributed by atoms with E-state index in [-0.39, 0.29) is 12.5 Å². The molecule has 8 heteroatoms. The number of nitrogens with one attached hydrogen (secondary N) is 1. The van der Waals surface area contributed by atoms with Crippen LogP contribution in [-0.4, -0.2) is 35.7 Å². The highest BCUT2D eigenvalue weighted by molar-refractivity contribution is 9.10. The summed E-state index contributed by atoms with van der Waals surface area (Å²) in [7, 11) is 0. The number of halogens is 1. The van der Waals surface area contributed by atoms with Crippen molar-refractivity contribution in [1.29, 1.82) is 0 Å². The highest BCUT2D eigenvalue weighted by atomic mass is 79.9. The van der Waals surface area contributed by atoms with Crippen molar-refractivity contribution >= 4 is 39.5 Å². The van der Waals surface area contributed by atoms with E-state index < -0.39 is 11.6 Å². The van der Waals surface area contributed by atoms with Gasteiger partial charge in [0.1, 0.15) is 5.75 Å². The van der Waals surface area contributed by atoms with Crippen molar-refractivity contribution in [1.82, 2.24) is 5.32 Å². The van der Waals surface area contributed by atoms with Crippen molar-refractivity contribution in [2.75, 3.05) is 13.2 Å². The molecule has 238 valence electrons. The van der Waals surface area contributed by atoms with E-state index in [2.05, 4.69) is 39.4 Å². The third-order valence-electron chi connectivity index (χ3n) is 7.92. The van der Waals surface area contributed by atoms with Crippen molar-refractivity contribution in [2.24, 2.45) is 4.99 Å². The number of aliphatic imine (C=N–C) groups is 1. The summed E-state index contributed by atoms with van der Waals surface area (Å²) in [5, 5.41) is 12.4. The molecule has 2 atom stereocenters. The maximum Gasteiger partial charge on any atom is 0.252 e. The fourth-order valence-electron chi connectivity index (χ4n) is 5.55. The summed E-state index contributed by atoms with van der Waals surface area (Å²) in [6, 6.07) is 43.6. The molecule has 0 unspecified atom stereocenters. The minimum atomic E-state index is -1.31. The molecular formula is C39H35BrN2O4S. The van der Waals surface area contributed by atoms with E-state index in [4.69, 9.17) is 19.6 Å². The van der Waals surface area contributed by atoms with Gasteiger partial charge in [0, 0.05) is 51.4 Å². The van der Waals surface area contributed by atoms with E-state index in [9.17, 15) is 4.79 Å². The van der Waals surface area contributed by atoms with Crippen LogP contribution in [0.3, 0.4) is 0 Å². The molecule has 0 spiro atoms. The summed E-state index contributed by atoms with van der Waals surface area (Å²) in [6.45, 7) is 0.825. The summed E-state index contributed by atoms with van der Waals surface area (Å²) in [4.78, 5) is 22.1. The fraction of sp³-hybridized carbons (Fsp3) is 0.179. The van der Waals surface area contributed by atoms with Gasteiger partial charge in [0.25, 0.3) is 5.91 Å². The predicted octanol–water partition coefficient (Wildman–Crippen LogP) is 8.18. The second-order valence-corrected chi connectivity index (χ2v) is 13.1. The number of nitrogens with zero attached hydrogens (tertiary/aromatic N) is 1. The summed E-state index contributed by atoms with van der Waals surface area (Å²) in [5.74, 6) is 0.850. The minimum Gasteiger partial charge on any atom is -0.494 e. The molecule has 0 saturated heterocycles. The molecule has 1 aliphatic heterocycles. The van der Waals surface area contributed by atoms with E-state index in [1.54, 1.807) is 11.8 Å². The molecule has 1 amide bonds. The summed E-state index contributed by atoms with van der Waals surface area (Å²) >= 11 is 5.40. The van der Waals surface area contributed by atoms with Crippen molar-refractivity contribution < 1.29 is 19.4 Å². The number of hydrogen-bond donors (Lipinski definition) is 2. The molecule has 1 heterocycles. The smallest absolute Gasteiger partial charge is 0.252 e. The third kappa shape index (κ3) is 7.79. The second kappa shape index (κ2) is 15.5. The van der Waals surface area contributed by atoms with Crippen molar-refractivity contribution in [3.8, 4) is 5.75 Å². The van der Waals surface area contributed by atoms with E-state index in [1.807, 2.05) is 115 Å². The number of carbonyl (C=O) groups excluding carboxylic acids is 1. The molecule has 1 aliphatic rings. The van der Waals surface area contributed by atoms with Gasteiger partial charge in [-0.3, -0.25) is 4.79 Å². The molecule has 0 fully saturated rings. The van der Waals surface area contributed by atoms with Gasteiger partial charge in [-0.05, 0) is 59.7 Å². The topological polar surface area (TPSA) is 80.2 Å². The first kappa shape index (κ1) is 32.6. The quantitative estimate of drug-likeness (QED) is 0.121. The second-order valence-electron chi connectivity index (χ2n) is 11.2. The van der Waals surface area contributed by atoms with Crippen molar-refractivity contribution in [2.45, 2.75) is 40.8 Å². The Morgan fingerprint density at radius 3 is 2.30 bits per heavy atom. The van der Waals surface area contributed by atoms with Gasteiger partial charge in [-0.25, -0.2) is 4.99 Å². The van der Waals surface area contributed by atoms with E-state index in [0.29, 0.717) is 37.6 Å². The molecule has 2 N–H and O–H groups in total. The summed E-state index contributed by atoms with van der Waals surface area (Å²) in [6.07, 6.45) is 0.179. The Labute approximate surface area is 288 Å². The van der Waals surface area contributed by atoms with E-state index in [1.165, 1.54) is 0 Å². The van der Waals surface area contributed by atoms with E-state index in [0.717, 1.165) is 36.5 Å². The number of aliphatic hydroxyl groups excluding tert-OH is 1. The van der Waals surface area contributed by atoms with Gasteiger partial charge in [-0.15, -0.1) is 0 Å². The Morgan fingerprint density at radius 1 is 0.872 bits per heavy atom. The van der Waals surface area contributed by atoms with Crippen LogP contribution < -0.4 is 10.1 Å². The van der Waals surface area contributed by atoms with Gasteiger partial charge in [0.05, 0.1) is 6.61 Å². The van der Waals surface area contributed by atoms with Crippen LogP contribution in [-0.2, 0) is 22.5 Å². The number of benzene rings is 5. The number of hydrogen-bond acceptors (Lipinski definition) is 6. The first-order valence-electron chi connectivity index (χ1n) is 15.5. The molecule has 0 bridgehead atoms. The molecule has 0 aliphatic carbocycles. The zero-order chi connectivity index (χ0) is 32.5. The number of aliphatic hydroxyl groups is 1. The molecular weight excluding hydrogens is 672 g/mol. The monoisotopic (exact) mass is 706 g/mol.